The first-order chi connectivity index (χ1) is 9.49. The molecule has 2 aromatic heterocycles. The Bertz CT molecular complexity index is 560. The lowest BCUT2D eigenvalue weighted by atomic mass is 9.94. The second kappa shape index (κ2) is 5.90. The maximum Gasteiger partial charge on any atom is 0.218 e. The van der Waals surface area contributed by atoms with Gasteiger partial charge in [0.25, 0.3) is 0 Å². The Hall–Kier alpha value is -2.11. The fraction of sp³-hybridized carbons (Fsp3) is 0.500. The molecule has 0 aliphatic heterocycles. The average molecular weight is 276 g/mol. The van der Waals surface area contributed by atoms with Crippen LogP contribution in [0.15, 0.2) is 23.0 Å². The van der Waals surface area contributed by atoms with Gasteiger partial charge in [-0.25, -0.2) is 15.0 Å². The van der Waals surface area contributed by atoms with E-state index in [0.717, 1.165) is 5.76 Å². The molecular weight excluding hydrogens is 256 g/mol. The van der Waals surface area contributed by atoms with Gasteiger partial charge in [0.05, 0.1) is 19.3 Å². The Morgan fingerprint density at radius 2 is 2.05 bits per heavy atom. The number of oxazole rings is 1. The monoisotopic (exact) mass is 276 g/mol. The minimum atomic E-state index is -0.0394. The first-order valence-electron chi connectivity index (χ1n) is 6.63. The molecule has 0 unspecified atom stereocenters. The van der Waals surface area contributed by atoms with Gasteiger partial charge in [-0.15, -0.1) is 0 Å². The smallest absolute Gasteiger partial charge is 0.218 e. The number of nitrogens with zero attached hydrogens (tertiary/aromatic N) is 3. The molecule has 2 heterocycles. The zero-order valence-corrected chi connectivity index (χ0v) is 12.3. The van der Waals surface area contributed by atoms with E-state index in [2.05, 4.69) is 41.0 Å². The van der Waals surface area contributed by atoms with Crippen molar-refractivity contribution in [2.45, 2.75) is 39.7 Å². The third-order valence-corrected chi connectivity index (χ3v) is 2.65. The van der Waals surface area contributed by atoms with Gasteiger partial charge in [-0.3, -0.25) is 0 Å². The number of ether oxygens (including phenoxy) is 1. The van der Waals surface area contributed by atoms with Crippen LogP contribution in [0.3, 0.4) is 0 Å². The summed E-state index contributed by atoms with van der Waals surface area (Å²) in [6.07, 6.45) is 3.23. The highest BCUT2D eigenvalue weighted by molar-refractivity contribution is 5.37. The normalized spacial score (nSPS) is 11.4. The molecule has 108 valence electrons. The molecule has 0 amide bonds. The molecule has 0 spiro atoms. The summed E-state index contributed by atoms with van der Waals surface area (Å²) >= 11 is 0. The van der Waals surface area contributed by atoms with Crippen molar-refractivity contribution in [3.8, 4) is 5.88 Å². The molecule has 0 fully saturated rings. The zero-order chi connectivity index (χ0) is 14.6. The van der Waals surface area contributed by atoms with Crippen molar-refractivity contribution in [3.05, 3.63) is 30.2 Å². The minimum Gasteiger partial charge on any atom is -0.478 e. The van der Waals surface area contributed by atoms with E-state index < -0.39 is 0 Å². The Kier molecular flexibility index (Phi) is 4.22. The lowest BCUT2D eigenvalue weighted by Crippen LogP contribution is -2.09. The molecule has 0 aliphatic rings. The first-order valence-corrected chi connectivity index (χ1v) is 6.63. The minimum absolute atomic E-state index is 0.0394. The van der Waals surface area contributed by atoms with E-state index >= 15 is 0 Å². The Balaban J connectivity index is 1.98. The van der Waals surface area contributed by atoms with Crippen LogP contribution in [0.5, 0.6) is 5.88 Å². The van der Waals surface area contributed by atoms with Crippen molar-refractivity contribution in [2.75, 3.05) is 11.9 Å². The fourth-order valence-electron chi connectivity index (χ4n) is 1.57. The van der Waals surface area contributed by atoms with Crippen LogP contribution in [0.1, 0.15) is 39.3 Å². The van der Waals surface area contributed by atoms with Gasteiger partial charge in [-0.2, -0.15) is 0 Å². The van der Waals surface area contributed by atoms with Crippen LogP contribution in [0.2, 0.25) is 0 Å². The zero-order valence-electron chi connectivity index (χ0n) is 12.3. The summed E-state index contributed by atoms with van der Waals surface area (Å²) < 4.78 is 11.0. The lowest BCUT2D eigenvalue weighted by Gasteiger charge is -2.13. The van der Waals surface area contributed by atoms with E-state index in [4.69, 9.17) is 9.15 Å². The number of anilines is 1. The molecule has 2 aromatic rings. The highest BCUT2D eigenvalue weighted by Crippen LogP contribution is 2.23. The van der Waals surface area contributed by atoms with E-state index in [0.29, 0.717) is 30.7 Å². The molecule has 1 N–H and O–H groups in total. The van der Waals surface area contributed by atoms with E-state index in [1.165, 1.54) is 6.33 Å². The standard InChI is InChI=1S/C14H20N4O2/c1-5-19-12-6-11(17-9-18-12)15-8-13-16-7-10(20-13)14(2,3)4/h6-7,9H,5,8H2,1-4H3,(H,15,17,18). The Morgan fingerprint density at radius 3 is 2.70 bits per heavy atom. The maximum absolute atomic E-state index is 5.70. The summed E-state index contributed by atoms with van der Waals surface area (Å²) in [5, 5.41) is 3.14. The van der Waals surface area contributed by atoms with E-state index in [-0.39, 0.29) is 5.41 Å². The molecule has 0 radical (unpaired) electrons. The first kappa shape index (κ1) is 14.3. The van der Waals surface area contributed by atoms with Gasteiger partial charge >= 0.3 is 0 Å². The Morgan fingerprint density at radius 1 is 1.25 bits per heavy atom. The summed E-state index contributed by atoms with van der Waals surface area (Å²) in [5.74, 6) is 2.73. The molecule has 20 heavy (non-hydrogen) atoms. The van der Waals surface area contributed by atoms with Crippen LogP contribution in [0, 0.1) is 0 Å². The predicted molar refractivity (Wildman–Crippen MR) is 75.7 cm³/mol. The third kappa shape index (κ3) is 3.69. The van der Waals surface area contributed by atoms with Crippen molar-refractivity contribution in [1.82, 2.24) is 15.0 Å². The largest absolute Gasteiger partial charge is 0.478 e. The van der Waals surface area contributed by atoms with Crippen LogP contribution in [-0.2, 0) is 12.0 Å². The number of aromatic nitrogens is 3. The van der Waals surface area contributed by atoms with Gasteiger partial charge in [0.15, 0.2) is 0 Å². The maximum atomic E-state index is 5.70. The van der Waals surface area contributed by atoms with Crippen molar-refractivity contribution < 1.29 is 9.15 Å². The SMILES string of the molecule is CCOc1cc(NCc2ncc(C(C)(C)C)o2)ncn1. The van der Waals surface area contributed by atoms with Crippen molar-refractivity contribution >= 4 is 5.82 Å². The van der Waals surface area contributed by atoms with E-state index in [9.17, 15) is 0 Å². The molecule has 0 atom stereocenters. The van der Waals surface area contributed by atoms with Gasteiger partial charge in [-0.1, -0.05) is 20.8 Å². The second-order valence-corrected chi connectivity index (χ2v) is 5.40. The van der Waals surface area contributed by atoms with Gasteiger partial charge < -0.3 is 14.5 Å². The van der Waals surface area contributed by atoms with Crippen molar-refractivity contribution in [1.29, 1.82) is 0 Å². The Labute approximate surface area is 118 Å². The van der Waals surface area contributed by atoms with Gasteiger partial charge in [-0.05, 0) is 6.92 Å². The molecule has 0 bridgehead atoms. The summed E-state index contributed by atoms with van der Waals surface area (Å²) in [4.78, 5) is 12.4. The van der Waals surface area contributed by atoms with E-state index in [1.807, 2.05) is 6.92 Å². The molecule has 2 rings (SSSR count). The molecule has 0 saturated heterocycles. The number of hydrogen-bond acceptors (Lipinski definition) is 6. The molecule has 6 nitrogen and oxygen atoms in total. The number of rotatable bonds is 5. The summed E-state index contributed by atoms with van der Waals surface area (Å²) in [7, 11) is 0. The molecule has 0 saturated carbocycles. The van der Waals surface area contributed by atoms with Gasteiger partial charge in [0.2, 0.25) is 11.8 Å². The van der Waals surface area contributed by atoms with E-state index in [1.54, 1.807) is 12.3 Å². The highest BCUT2D eigenvalue weighted by Gasteiger charge is 2.19. The third-order valence-electron chi connectivity index (χ3n) is 2.65. The predicted octanol–water partition coefficient (Wildman–Crippen LogP) is 2.77. The number of hydrogen-bond donors (Lipinski definition) is 1. The van der Waals surface area contributed by atoms with Crippen LogP contribution >= 0.6 is 0 Å². The highest BCUT2D eigenvalue weighted by atomic mass is 16.5. The summed E-state index contributed by atoms with van der Waals surface area (Å²) in [6.45, 7) is 9.22. The van der Waals surface area contributed by atoms with Crippen LogP contribution < -0.4 is 10.1 Å². The van der Waals surface area contributed by atoms with Crippen LogP contribution in [0.25, 0.3) is 0 Å². The lowest BCUT2D eigenvalue weighted by molar-refractivity contribution is 0.326. The second-order valence-electron chi connectivity index (χ2n) is 5.40. The average Bonchev–Trinajstić information content (AvgIpc) is 2.86. The molecule has 0 aromatic carbocycles. The van der Waals surface area contributed by atoms with Gasteiger partial charge in [0, 0.05) is 11.5 Å². The van der Waals surface area contributed by atoms with Crippen molar-refractivity contribution in [3.63, 3.8) is 0 Å². The number of nitrogens with one attached hydrogen (secondary N) is 1. The molecule has 6 heteroatoms. The summed E-state index contributed by atoms with van der Waals surface area (Å²) in [6, 6.07) is 1.75. The molecule has 0 aliphatic carbocycles. The fourth-order valence-corrected chi connectivity index (χ4v) is 1.57. The van der Waals surface area contributed by atoms with Gasteiger partial charge in [0.1, 0.15) is 17.9 Å². The molecular formula is C14H20N4O2. The van der Waals surface area contributed by atoms with Crippen molar-refractivity contribution in [2.24, 2.45) is 0 Å². The topological polar surface area (TPSA) is 73.1 Å². The van der Waals surface area contributed by atoms with Crippen LogP contribution in [0.4, 0.5) is 5.82 Å². The van der Waals surface area contributed by atoms with Crippen LogP contribution in [-0.4, -0.2) is 21.6 Å². The summed E-state index contributed by atoms with van der Waals surface area (Å²) in [5.41, 5.74) is -0.0394. The quantitative estimate of drug-likeness (QED) is 0.905.